The minimum Gasteiger partial charge on any atom is -0.466 e. The molecule has 0 aliphatic heterocycles. The van der Waals surface area contributed by atoms with Gasteiger partial charge in [-0.15, -0.1) is 0 Å². The van der Waals surface area contributed by atoms with Crippen LogP contribution in [0.15, 0.2) is 36.5 Å². The predicted octanol–water partition coefficient (Wildman–Crippen LogP) is 18.0. The number of rotatable bonds is 54. The molecule has 388 valence electrons. The van der Waals surface area contributed by atoms with E-state index in [9.17, 15) is 19.8 Å². The lowest BCUT2D eigenvalue weighted by Gasteiger charge is -2.22. The zero-order valence-corrected chi connectivity index (χ0v) is 44.2. The topological polar surface area (TPSA) is 95.9 Å². The Labute approximate surface area is 411 Å². The third-order valence-electron chi connectivity index (χ3n) is 13.4. The molecule has 66 heavy (non-hydrogen) atoms. The van der Waals surface area contributed by atoms with Crippen LogP contribution in [0, 0.1) is 0 Å². The Balaban J connectivity index is 3.50. The first-order chi connectivity index (χ1) is 32.5. The molecule has 0 aromatic rings. The molecule has 0 aliphatic rings. The van der Waals surface area contributed by atoms with Gasteiger partial charge in [-0.1, -0.05) is 256 Å². The van der Waals surface area contributed by atoms with E-state index in [4.69, 9.17) is 4.74 Å². The summed E-state index contributed by atoms with van der Waals surface area (Å²) in [5.74, 6) is -0.0904. The van der Waals surface area contributed by atoms with Crippen LogP contribution in [0.5, 0.6) is 0 Å². The summed E-state index contributed by atoms with van der Waals surface area (Å²) in [6.07, 6.45) is 68.5. The number of allylic oxidation sites excluding steroid dienone is 6. The van der Waals surface area contributed by atoms with E-state index in [0.29, 0.717) is 25.9 Å². The Kier molecular flexibility index (Phi) is 54.1. The number of carbonyl (C=O) groups is 2. The molecule has 0 heterocycles. The van der Waals surface area contributed by atoms with Crippen molar-refractivity contribution in [2.75, 3.05) is 13.2 Å². The molecule has 0 spiro atoms. The molecule has 0 aromatic heterocycles. The van der Waals surface area contributed by atoms with Gasteiger partial charge >= 0.3 is 5.97 Å². The molecule has 6 heteroatoms. The molecule has 6 nitrogen and oxygen atoms in total. The van der Waals surface area contributed by atoms with E-state index in [1.807, 2.05) is 0 Å². The maximum absolute atomic E-state index is 12.5. The highest BCUT2D eigenvalue weighted by Crippen LogP contribution is 2.17. The highest BCUT2D eigenvalue weighted by molar-refractivity contribution is 5.76. The van der Waals surface area contributed by atoms with Crippen LogP contribution < -0.4 is 5.32 Å². The van der Waals surface area contributed by atoms with Gasteiger partial charge in [-0.05, 0) is 77.0 Å². The molecule has 3 N–H and O–H groups in total. The average molecular weight is 929 g/mol. The SMILES string of the molecule is CCCC/C=C\C/C=C\CCCCCCCC(=O)OCCCCCCCC/C=C\CCCCCC(=O)NC(CO)C(O)CCCCCCCCCCCCCCCCCCCCCCCC. The third kappa shape index (κ3) is 51.5. The molecular weight excluding hydrogens is 815 g/mol. The Morgan fingerprint density at radius 2 is 0.773 bits per heavy atom. The molecule has 0 aliphatic carbocycles. The molecule has 2 atom stereocenters. The lowest BCUT2D eigenvalue weighted by molar-refractivity contribution is -0.143. The van der Waals surface area contributed by atoms with E-state index in [2.05, 4.69) is 55.6 Å². The summed E-state index contributed by atoms with van der Waals surface area (Å²) in [5.41, 5.74) is 0. The smallest absolute Gasteiger partial charge is 0.305 e. The van der Waals surface area contributed by atoms with E-state index in [1.165, 1.54) is 193 Å². The van der Waals surface area contributed by atoms with Crippen LogP contribution in [0.25, 0.3) is 0 Å². The van der Waals surface area contributed by atoms with Crippen LogP contribution in [0.2, 0.25) is 0 Å². The van der Waals surface area contributed by atoms with Crippen molar-refractivity contribution in [3.63, 3.8) is 0 Å². The Bertz CT molecular complexity index is 1070. The van der Waals surface area contributed by atoms with E-state index < -0.39 is 12.1 Å². The molecule has 0 fully saturated rings. The number of unbranched alkanes of at least 4 members (excludes halogenated alkanes) is 37. The maximum Gasteiger partial charge on any atom is 0.305 e. The summed E-state index contributed by atoms with van der Waals surface area (Å²) in [6.45, 7) is 4.88. The number of hydrogen-bond donors (Lipinski definition) is 3. The second-order valence-corrected chi connectivity index (χ2v) is 20.0. The summed E-state index contributed by atoms with van der Waals surface area (Å²) in [4.78, 5) is 24.5. The van der Waals surface area contributed by atoms with Gasteiger partial charge in [-0.3, -0.25) is 9.59 Å². The lowest BCUT2D eigenvalue weighted by atomic mass is 10.0. The van der Waals surface area contributed by atoms with Crippen LogP contribution in [0.3, 0.4) is 0 Å². The third-order valence-corrected chi connectivity index (χ3v) is 13.4. The molecule has 0 bridgehead atoms. The molecule has 0 radical (unpaired) electrons. The first-order valence-electron chi connectivity index (χ1n) is 29.2. The number of amides is 1. The van der Waals surface area contributed by atoms with Gasteiger partial charge in [0.15, 0.2) is 0 Å². The van der Waals surface area contributed by atoms with Crippen LogP contribution in [0.1, 0.15) is 309 Å². The van der Waals surface area contributed by atoms with Crippen LogP contribution in [0.4, 0.5) is 0 Å². The average Bonchev–Trinajstić information content (AvgIpc) is 3.32. The number of hydrogen-bond acceptors (Lipinski definition) is 5. The summed E-state index contributed by atoms with van der Waals surface area (Å²) in [6, 6.07) is -0.564. The number of ether oxygens (including phenoxy) is 1. The number of carbonyl (C=O) groups excluding carboxylic acids is 2. The van der Waals surface area contributed by atoms with Gasteiger partial charge in [0, 0.05) is 12.8 Å². The van der Waals surface area contributed by atoms with Crippen molar-refractivity contribution in [3.8, 4) is 0 Å². The summed E-state index contributed by atoms with van der Waals surface area (Å²) in [5, 5.41) is 23.3. The normalized spacial score (nSPS) is 12.8. The van der Waals surface area contributed by atoms with E-state index in [-0.39, 0.29) is 18.5 Å². The highest BCUT2D eigenvalue weighted by Gasteiger charge is 2.20. The fourth-order valence-electron chi connectivity index (χ4n) is 8.89. The quantitative estimate of drug-likeness (QED) is 0.0321. The van der Waals surface area contributed by atoms with Crippen LogP contribution in [-0.4, -0.2) is 47.4 Å². The van der Waals surface area contributed by atoms with Crippen LogP contribution in [-0.2, 0) is 14.3 Å². The monoisotopic (exact) mass is 928 g/mol. The molecule has 0 saturated heterocycles. The number of aliphatic hydroxyl groups excluding tert-OH is 2. The second-order valence-electron chi connectivity index (χ2n) is 20.0. The Hall–Kier alpha value is -1.92. The van der Waals surface area contributed by atoms with Gasteiger partial charge < -0.3 is 20.3 Å². The van der Waals surface area contributed by atoms with Gasteiger partial charge in [-0.2, -0.15) is 0 Å². The van der Waals surface area contributed by atoms with Crippen molar-refractivity contribution in [2.45, 2.75) is 321 Å². The summed E-state index contributed by atoms with van der Waals surface area (Å²) < 4.78 is 5.45. The van der Waals surface area contributed by atoms with Crippen molar-refractivity contribution in [1.82, 2.24) is 5.32 Å². The molecule has 0 rings (SSSR count). The van der Waals surface area contributed by atoms with E-state index in [0.717, 1.165) is 83.5 Å². The maximum atomic E-state index is 12.5. The Morgan fingerprint density at radius 3 is 1.23 bits per heavy atom. The van der Waals surface area contributed by atoms with Crippen molar-refractivity contribution < 1.29 is 24.5 Å². The van der Waals surface area contributed by atoms with Gasteiger partial charge in [-0.25, -0.2) is 0 Å². The fraction of sp³-hybridized carbons (Fsp3) is 0.867. The standard InChI is InChI=1S/C60H113NO5/c1-3-5-7-9-11-13-15-17-19-20-21-22-23-24-25-26-28-32-36-40-44-48-52-58(63)57(56-62)61-59(64)53-49-45-41-37-33-29-27-31-35-39-43-47-51-55-66-60(65)54-50-46-42-38-34-30-18-16-14-12-10-8-6-4-2/h10,12,16,18,29,33,57-58,62-63H,3-9,11,13-15,17,19-28,30-32,34-56H2,1-2H3,(H,61,64)/b12-10-,18-16-,33-29-. The molecule has 0 saturated carbocycles. The zero-order chi connectivity index (χ0) is 47.9. The van der Waals surface area contributed by atoms with Gasteiger partial charge in [0.1, 0.15) is 0 Å². The zero-order valence-electron chi connectivity index (χ0n) is 44.2. The van der Waals surface area contributed by atoms with E-state index >= 15 is 0 Å². The molecular formula is C60H113NO5. The largest absolute Gasteiger partial charge is 0.466 e. The Morgan fingerprint density at radius 1 is 0.424 bits per heavy atom. The van der Waals surface area contributed by atoms with Crippen molar-refractivity contribution in [2.24, 2.45) is 0 Å². The predicted molar refractivity (Wildman–Crippen MR) is 287 cm³/mol. The lowest BCUT2D eigenvalue weighted by Crippen LogP contribution is -2.45. The first kappa shape index (κ1) is 64.1. The summed E-state index contributed by atoms with van der Waals surface area (Å²) in [7, 11) is 0. The molecule has 0 aromatic carbocycles. The van der Waals surface area contributed by atoms with Gasteiger partial charge in [0.05, 0.1) is 25.4 Å². The number of esters is 1. The highest BCUT2D eigenvalue weighted by atomic mass is 16.5. The number of nitrogens with one attached hydrogen (secondary N) is 1. The first-order valence-corrected chi connectivity index (χ1v) is 29.2. The minimum absolute atomic E-state index is 0.0268. The second kappa shape index (κ2) is 55.7. The molecule has 1 amide bonds. The fourth-order valence-corrected chi connectivity index (χ4v) is 8.89. The van der Waals surface area contributed by atoms with Crippen molar-refractivity contribution in [1.29, 1.82) is 0 Å². The van der Waals surface area contributed by atoms with Gasteiger partial charge in [0.25, 0.3) is 0 Å². The van der Waals surface area contributed by atoms with E-state index in [1.54, 1.807) is 0 Å². The van der Waals surface area contributed by atoms with Crippen molar-refractivity contribution >= 4 is 11.9 Å². The minimum atomic E-state index is -0.684. The molecule has 2 unspecified atom stereocenters. The van der Waals surface area contributed by atoms with Crippen molar-refractivity contribution in [3.05, 3.63) is 36.5 Å². The van der Waals surface area contributed by atoms with Crippen LogP contribution >= 0.6 is 0 Å². The van der Waals surface area contributed by atoms with Gasteiger partial charge in [0.2, 0.25) is 5.91 Å². The summed E-state index contributed by atoms with van der Waals surface area (Å²) >= 11 is 0. The number of aliphatic hydroxyl groups is 2.